The number of carboxylic acids is 1. The largest absolute Gasteiger partial charge is 0.480 e. The molecule has 0 aromatic carbocycles. The number of carbonyl (C=O) groups is 1. The third-order valence-electron chi connectivity index (χ3n) is 3.26. The maximum absolute atomic E-state index is 11.3. The van der Waals surface area contributed by atoms with Gasteiger partial charge in [0.25, 0.3) is 0 Å². The molecule has 0 fully saturated rings. The summed E-state index contributed by atoms with van der Waals surface area (Å²) in [5.41, 5.74) is -0.833. The van der Waals surface area contributed by atoms with E-state index in [2.05, 4.69) is 26.1 Å². The Balaban J connectivity index is 3.97. The number of hydrogen-bond donors (Lipinski definition) is 2. The summed E-state index contributed by atoms with van der Waals surface area (Å²) < 4.78 is 5.71. The fourth-order valence-corrected chi connectivity index (χ4v) is 2.11. The van der Waals surface area contributed by atoms with Crippen LogP contribution >= 0.6 is 0 Å². The van der Waals surface area contributed by atoms with Crippen LogP contribution in [0, 0.1) is 5.92 Å². The monoisotopic (exact) mass is 273 g/mol. The van der Waals surface area contributed by atoms with Crippen molar-refractivity contribution in [3.63, 3.8) is 0 Å². The van der Waals surface area contributed by atoms with Crippen molar-refractivity contribution < 1.29 is 14.6 Å². The Bertz CT molecular complexity index is 256. The number of carboxylic acid groups (broad SMARTS) is 1. The zero-order valence-corrected chi connectivity index (χ0v) is 13.2. The van der Waals surface area contributed by atoms with Gasteiger partial charge in [0.1, 0.15) is 5.54 Å². The maximum Gasteiger partial charge on any atom is 0.323 e. The fourth-order valence-electron chi connectivity index (χ4n) is 2.11. The molecule has 0 spiro atoms. The maximum atomic E-state index is 11.3. The summed E-state index contributed by atoms with van der Waals surface area (Å²) >= 11 is 0. The number of ether oxygens (including phenoxy) is 1. The van der Waals surface area contributed by atoms with E-state index in [4.69, 9.17) is 4.74 Å². The topological polar surface area (TPSA) is 58.6 Å². The average molecular weight is 273 g/mol. The van der Waals surface area contributed by atoms with E-state index in [1.165, 1.54) is 0 Å². The molecule has 2 N–H and O–H groups in total. The molecular formula is C15H31NO3. The zero-order chi connectivity index (χ0) is 14.9. The number of rotatable bonds is 11. The highest BCUT2D eigenvalue weighted by molar-refractivity contribution is 5.78. The van der Waals surface area contributed by atoms with E-state index in [9.17, 15) is 9.90 Å². The van der Waals surface area contributed by atoms with Crippen LogP contribution in [0.1, 0.15) is 60.3 Å². The van der Waals surface area contributed by atoms with Crippen LogP contribution < -0.4 is 5.32 Å². The minimum Gasteiger partial charge on any atom is -0.480 e. The van der Waals surface area contributed by atoms with Gasteiger partial charge in [-0.3, -0.25) is 4.79 Å². The van der Waals surface area contributed by atoms with Gasteiger partial charge in [-0.1, -0.05) is 20.8 Å². The van der Waals surface area contributed by atoms with Gasteiger partial charge in [-0.15, -0.1) is 0 Å². The lowest BCUT2D eigenvalue weighted by molar-refractivity contribution is -0.144. The first-order valence-electron chi connectivity index (χ1n) is 7.41. The van der Waals surface area contributed by atoms with Crippen LogP contribution in [-0.2, 0) is 9.53 Å². The first-order valence-corrected chi connectivity index (χ1v) is 7.41. The van der Waals surface area contributed by atoms with Gasteiger partial charge in [-0.05, 0) is 52.0 Å². The van der Waals surface area contributed by atoms with E-state index in [0.29, 0.717) is 18.9 Å². The highest BCUT2D eigenvalue weighted by Crippen LogP contribution is 2.14. The van der Waals surface area contributed by atoms with Gasteiger partial charge in [-0.25, -0.2) is 0 Å². The highest BCUT2D eigenvalue weighted by Gasteiger charge is 2.31. The van der Waals surface area contributed by atoms with Crippen molar-refractivity contribution >= 4 is 5.97 Å². The van der Waals surface area contributed by atoms with Crippen LogP contribution in [0.5, 0.6) is 0 Å². The van der Waals surface area contributed by atoms with Crippen molar-refractivity contribution in [1.82, 2.24) is 5.32 Å². The van der Waals surface area contributed by atoms with Gasteiger partial charge < -0.3 is 15.2 Å². The Morgan fingerprint density at radius 3 is 2.47 bits per heavy atom. The Hall–Kier alpha value is -0.610. The van der Waals surface area contributed by atoms with Gasteiger partial charge in [0.05, 0.1) is 6.10 Å². The van der Waals surface area contributed by atoms with E-state index in [0.717, 1.165) is 25.8 Å². The molecule has 19 heavy (non-hydrogen) atoms. The van der Waals surface area contributed by atoms with Gasteiger partial charge in [0, 0.05) is 6.61 Å². The van der Waals surface area contributed by atoms with E-state index in [1.54, 1.807) is 6.92 Å². The Morgan fingerprint density at radius 2 is 2.00 bits per heavy atom. The Kier molecular flexibility index (Phi) is 9.02. The van der Waals surface area contributed by atoms with Crippen LogP contribution in [0.2, 0.25) is 0 Å². The molecule has 4 heteroatoms. The molecule has 114 valence electrons. The van der Waals surface area contributed by atoms with Crippen LogP contribution in [0.3, 0.4) is 0 Å². The second-order valence-electron chi connectivity index (χ2n) is 5.98. The second kappa shape index (κ2) is 9.32. The molecule has 2 atom stereocenters. The lowest BCUT2D eigenvalue weighted by Crippen LogP contribution is -2.49. The van der Waals surface area contributed by atoms with E-state index < -0.39 is 11.5 Å². The molecule has 0 heterocycles. The average Bonchev–Trinajstić information content (AvgIpc) is 2.31. The molecule has 0 aliphatic carbocycles. The highest BCUT2D eigenvalue weighted by atomic mass is 16.5. The standard InChI is InChI=1S/C15H31NO3/c1-6-9-16-15(5,14(17)18)8-7-10-19-13(4)11-12(2)3/h12-13,16H,6-11H2,1-5H3,(H,17,18). The SMILES string of the molecule is CCCNC(C)(CCCOC(C)CC(C)C)C(=O)O. The van der Waals surface area contributed by atoms with E-state index in [1.807, 2.05) is 6.92 Å². The van der Waals surface area contributed by atoms with Gasteiger partial charge in [-0.2, -0.15) is 0 Å². The Labute approximate surface area is 117 Å². The summed E-state index contributed by atoms with van der Waals surface area (Å²) in [4.78, 5) is 11.3. The van der Waals surface area contributed by atoms with Crippen LogP contribution in [0.4, 0.5) is 0 Å². The molecule has 4 nitrogen and oxygen atoms in total. The van der Waals surface area contributed by atoms with Crippen molar-refractivity contribution in [3.8, 4) is 0 Å². The number of hydrogen-bond acceptors (Lipinski definition) is 3. The first kappa shape index (κ1) is 18.4. The summed E-state index contributed by atoms with van der Waals surface area (Å²) in [6, 6.07) is 0. The molecule has 0 saturated heterocycles. The van der Waals surface area contributed by atoms with Crippen LogP contribution in [0.25, 0.3) is 0 Å². The van der Waals surface area contributed by atoms with E-state index in [-0.39, 0.29) is 6.10 Å². The molecule has 0 aliphatic heterocycles. The summed E-state index contributed by atoms with van der Waals surface area (Å²) in [6.07, 6.45) is 3.59. The fraction of sp³-hybridized carbons (Fsp3) is 0.933. The van der Waals surface area contributed by atoms with Crippen molar-refractivity contribution in [2.24, 2.45) is 5.92 Å². The number of nitrogens with one attached hydrogen (secondary N) is 1. The lowest BCUT2D eigenvalue weighted by atomic mass is 9.96. The first-order chi connectivity index (χ1) is 8.81. The van der Waals surface area contributed by atoms with Gasteiger partial charge in [0.15, 0.2) is 0 Å². The molecule has 2 unspecified atom stereocenters. The quantitative estimate of drug-likeness (QED) is 0.568. The van der Waals surface area contributed by atoms with Crippen molar-refractivity contribution in [3.05, 3.63) is 0 Å². The predicted octanol–water partition coefficient (Wildman–Crippen LogP) is 3.06. The molecule has 0 aromatic rings. The Morgan fingerprint density at radius 1 is 1.37 bits per heavy atom. The van der Waals surface area contributed by atoms with Crippen molar-refractivity contribution in [2.75, 3.05) is 13.2 Å². The van der Waals surface area contributed by atoms with Gasteiger partial charge >= 0.3 is 5.97 Å². The van der Waals surface area contributed by atoms with E-state index >= 15 is 0 Å². The predicted molar refractivity (Wildman–Crippen MR) is 78.4 cm³/mol. The van der Waals surface area contributed by atoms with Crippen LogP contribution in [0.15, 0.2) is 0 Å². The van der Waals surface area contributed by atoms with Gasteiger partial charge in [0.2, 0.25) is 0 Å². The summed E-state index contributed by atoms with van der Waals surface area (Å²) in [7, 11) is 0. The molecule has 0 radical (unpaired) electrons. The minimum absolute atomic E-state index is 0.250. The molecule has 0 rings (SSSR count). The summed E-state index contributed by atoms with van der Waals surface area (Å²) in [6.45, 7) is 11.6. The van der Waals surface area contributed by atoms with Crippen molar-refractivity contribution in [1.29, 1.82) is 0 Å². The smallest absolute Gasteiger partial charge is 0.323 e. The number of aliphatic carboxylic acids is 1. The summed E-state index contributed by atoms with van der Waals surface area (Å²) in [5.74, 6) is -0.151. The molecule has 0 amide bonds. The zero-order valence-electron chi connectivity index (χ0n) is 13.2. The lowest BCUT2D eigenvalue weighted by Gasteiger charge is -2.26. The van der Waals surface area contributed by atoms with Crippen molar-refractivity contribution in [2.45, 2.75) is 71.9 Å². The molecular weight excluding hydrogens is 242 g/mol. The normalized spacial score (nSPS) is 16.3. The molecule has 0 saturated carbocycles. The third kappa shape index (κ3) is 8.22. The summed E-state index contributed by atoms with van der Waals surface area (Å²) in [5, 5.41) is 12.4. The molecule has 0 bridgehead atoms. The minimum atomic E-state index is -0.833. The third-order valence-corrected chi connectivity index (χ3v) is 3.26. The van der Waals surface area contributed by atoms with Crippen LogP contribution in [-0.4, -0.2) is 35.9 Å². The molecule has 0 aliphatic rings. The molecule has 0 aromatic heterocycles. The second-order valence-corrected chi connectivity index (χ2v) is 5.98.